The Balaban J connectivity index is 2.47. The van der Waals surface area contributed by atoms with Crippen molar-refractivity contribution < 1.29 is 14.7 Å². The van der Waals surface area contributed by atoms with Gasteiger partial charge in [-0.25, -0.2) is 0 Å². The van der Waals surface area contributed by atoms with Crippen molar-refractivity contribution in [2.75, 3.05) is 30.8 Å². The number of nitrogens with zero attached hydrogens (tertiary/aromatic N) is 1. The van der Waals surface area contributed by atoms with Crippen molar-refractivity contribution >= 4 is 33.7 Å². The Morgan fingerprint density at radius 1 is 1.50 bits per heavy atom. The highest BCUT2D eigenvalue weighted by Crippen LogP contribution is 2.39. The van der Waals surface area contributed by atoms with Crippen LogP contribution in [0.15, 0.2) is 0 Å². The van der Waals surface area contributed by atoms with E-state index in [1.165, 1.54) is 25.3 Å². The van der Waals surface area contributed by atoms with E-state index in [1.807, 2.05) is 4.90 Å². The van der Waals surface area contributed by atoms with E-state index >= 15 is 0 Å². The molecular formula is C13H19N3O3S. The molecule has 6 nitrogen and oxygen atoms in total. The first-order chi connectivity index (χ1) is 9.45. The molecule has 1 unspecified atom stereocenters. The third-order valence-electron chi connectivity index (χ3n) is 3.38. The van der Waals surface area contributed by atoms with Gasteiger partial charge in [0.05, 0.1) is 22.2 Å². The van der Waals surface area contributed by atoms with Crippen LogP contribution in [0.2, 0.25) is 0 Å². The lowest BCUT2D eigenvalue weighted by molar-refractivity contribution is 0.0963. The highest BCUT2D eigenvalue weighted by Gasteiger charge is 2.29. The molecule has 0 aromatic carbocycles. The molecule has 1 aromatic heterocycles. The molecular weight excluding hydrogens is 278 g/mol. The number of aliphatic hydroxyl groups excluding tert-OH is 1. The summed E-state index contributed by atoms with van der Waals surface area (Å²) in [5, 5.41) is 13.0. The number of aliphatic hydroxyl groups is 1. The Kier molecular flexibility index (Phi) is 4.29. The fourth-order valence-electron chi connectivity index (χ4n) is 2.40. The predicted molar refractivity (Wildman–Crippen MR) is 79.6 cm³/mol. The molecule has 0 spiro atoms. The molecule has 1 aliphatic heterocycles. The third kappa shape index (κ3) is 2.64. The van der Waals surface area contributed by atoms with Crippen molar-refractivity contribution in [2.45, 2.75) is 25.9 Å². The molecule has 7 heteroatoms. The molecule has 1 amide bonds. The fraction of sp³-hybridized carbons (Fsp3) is 0.538. The number of nitrogen functional groups attached to an aromatic ring is 1. The van der Waals surface area contributed by atoms with Crippen LogP contribution in [-0.4, -0.2) is 43.0 Å². The molecule has 1 saturated heterocycles. The van der Waals surface area contributed by atoms with Gasteiger partial charge in [-0.2, -0.15) is 0 Å². The zero-order chi connectivity index (χ0) is 14.9. The molecule has 1 aliphatic rings. The predicted octanol–water partition coefficient (Wildman–Crippen LogP) is 0.854. The summed E-state index contributed by atoms with van der Waals surface area (Å²) in [6, 6.07) is 0. The number of carbonyl (C=O) groups excluding carboxylic acids is 2. The molecule has 110 valence electrons. The highest BCUT2D eigenvalue weighted by molar-refractivity contribution is 7.19. The quantitative estimate of drug-likeness (QED) is 0.719. The molecule has 2 heterocycles. The van der Waals surface area contributed by atoms with E-state index in [4.69, 9.17) is 5.73 Å². The molecule has 0 bridgehead atoms. The summed E-state index contributed by atoms with van der Waals surface area (Å²) in [5.41, 5.74) is 6.54. The number of nitrogens with two attached hydrogens (primary N) is 1. The number of carbonyl (C=O) groups is 2. The molecule has 0 aliphatic carbocycles. The summed E-state index contributed by atoms with van der Waals surface area (Å²) in [4.78, 5) is 26.0. The Morgan fingerprint density at radius 2 is 2.20 bits per heavy atom. The number of piperidine rings is 1. The molecule has 4 N–H and O–H groups in total. The van der Waals surface area contributed by atoms with E-state index in [0.29, 0.717) is 22.0 Å². The van der Waals surface area contributed by atoms with E-state index in [9.17, 15) is 14.7 Å². The number of amides is 1. The van der Waals surface area contributed by atoms with Crippen LogP contribution in [0.4, 0.5) is 10.7 Å². The zero-order valence-corrected chi connectivity index (χ0v) is 12.4. The van der Waals surface area contributed by atoms with Crippen LogP contribution in [0.1, 0.15) is 39.8 Å². The SMILES string of the molecule is CNC(=O)c1c(N2CCCC(O)C2)sc(C(C)=O)c1N. The normalized spacial score (nSPS) is 18.9. The van der Waals surface area contributed by atoms with Crippen LogP contribution in [0, 0.1) is 0 Å². The van der Waals surface area contributed by atoms with Gasteiger partial charge < -0.3 is 21.1 Å². The van der Waals surface area contributed by atoms with Gasteiger partial charge in [-0.1, -0.05) is 0 Å². The fourth-order valence-corrected chi connectivity index (χ4v) is 3.55. The first-order valence-electron chi connectivity index (χ1n) is 6.54. The Morgan fingerprint density at radius 3 is 2.75 bits per heavy atom. The topological polar surface area (TPSA) is 95.7 Å². The number of β-amino-alcohol motifs (C(OH)–C–C–N with tert-alkyl or cyclic N) is 1. The lowest BCUT2D eigenvalue weighted by Crippen LogP contribution is -2.38. The number of hydrogen-bond acceptors (Lipinski definition) is 6. The number of Topliss-reactive ketones (excluding diaryl/α,β-unsaturated/α-hetero) is 1. The maximum atomic E-state index is 12.0. The number of hydrogen-bond donors (Lipinski definition) is 3. The van der Waals surface area contributed by atoms with Crippen molar-refractivity contribution in [3.05, 3.63) is 10.4 Å². The van der Waals surface area contributed by atoms with E-state index in [1.54, 1.807) is 0 Å². The molecule has 1 aromatic rings. The second kappa shape index (κ2) is 5.80. The number of anilines is 2. The van der Waals surface area contributed by atoms with Crippen LogP contribution in [0.5, 0.6) is 0 Å². The summed E-state index contributed by atoms with van der Waals surface area (Å²) in [5.74, 6) is -0.456. The van der Waals surface area contributed by atoms with Crippen LogP contribution < -0.4 is 16.0 Å². The van der Waals surface area contributed by atoms with Crippen LogP contribution in [0.25, 0.3) is 0 Å². The molecule has 0 saturated carbocycles. The van der Waals surface area contributed by atoms with Crippen LogP contribution in [-0.2, 0) is 0 Å². The van der Waals surface area contributed by atoms with E-state index in [-0.39, 0.29) is 17.4 Å². The highest BCUT2D eigenvalue weighted by atomic mass is 32.1. The minimum atomic E-state index is -0.412. The monoisotopic (exact) mass is 297 g/mol. The number of rotatable bonds is 3. The number of ketones is 1. The van der Waals surface area contributed by atoms with Crippen molar-refractivity contribution in [2.24, 2.45) is 0 Å². The van der Waals surface area contributed by atoms with E-state index in [0.717, 1.165) is 19.4 Å². The average Bonchev–Trinajstić information content (AvgIpc) is 2.75. The van der Waals surface area contributed by atoms with Gasteiger partial charge in [-0.05, 0) is 12.8 Å². The Labute approximate surface area is 121 Å². The number of nitrogens with one attached hydrogen (secondary N) is 1. The standard InChI is InChI=1S/C13H19N3O3S/c1-7(17)11-10(14)9(12(19)15-2)13(20-11)16-5-3-4-8(18)6-16/h8,18H,3-6,14H2,1-2H3,(H,15,19). The molecule has 1 fully saturated rings. The third-order valence-corrected chi connectivity index (χ3v) is 4.75. The van der Waals surface area contributed by atoms with Crippen molar-refractivity contribution in [3.8, 4) is 0 Å². The second-order valence-electron chi connectivity index (χ2n) is 4.90. The number of thiophene rings is 1. The molecule has 1 atom stereocenters. The van der Waals surface area contributed by atoms with Gasteiger partial charge in [0.15, 0.2) is 5.78 Å². The zero-order valence-electron chi connectivity index (χ0n) is 11.6. The van der Waals surface area contributed by atoms with Gasteiger partial charge >= 0.3 is 0 Å². The minimum absolute atomic E-state index is 0.151. The summed E-state index contributed by atoms with van der Waals surface area (Å²) < 4.78 is 0. The van der Waals surface area contributed by atoms with Gasteiger partial charge in [0, 0.05) is 27.1 Å². The Bertz CT molecular complexity index is 541. The average molecular weight is 297 g/mol. The van der Waals surface area contributed by atoms with Gasteiger partial charge in [0.25, 0.3) is 5.91 Å². The van der Waals surface area contributed by atoms with Crippen molar-refractivity contribution in [1.82, 2.24) is 5.32 Å². The van der Waals surface area contributed by atoms with Crippen LogP contribution in [0.3, 0.4) is 0 Å². The van der Waals surface area contributed by atoms with E-state index < -0.39 is 6.10 Å². The summed E-state index contributed by atoms with van der Waals surface area (Å²) in [6.07, 6.45) is 1.19. The largest absolute Gasteiger partial charge is 0.397 e. The van der Waals surface area contributed by atoms with Gasteiger partial charge in [-0.3, -0.25) is 9.59 Å². The maximum absolute atomic E-state index is 12.0. The lowest BCUT2D eigenvalue weighted by atomic mass is 10.1. The second-order valence-corrected chi connectivity index (χ2v) is 5.90. The first-order valence-corrected chi connectivity index (χ1v) is 7.35. The smallest absolute Gasteiger partial charge is 0.256 e. The van der Waals surface area contributed by atoms with Crippen LogP contribution >= 0.6 is 11.3 Å². The summed E-state index contributed by atoms with van der Waals surface area (Å²) >= 11 is 1.23. The van der Waals surface area contributed by atoms with Gasteiger partial charge in [-0.15, -0.1) is 11.3 Å². The van der Waals surface area contributed by atoms with Gasteiger partial charge in [0.1, 0.15) is 5.00 Å². The molecule has 0 radical (unpaired) electrons. The van der Waals surface area contributed by atoms with E-state index in [2.05, 4.69) is 5.32 Å². The molecule has 20 heavy (non-hydrogen) atoms. The van der Waals surface area contributed by atoms with Crippen molar-refractivity contribution in [1.29, 1.82) is 0 Å². The summed E-state index contributed by atoms with van der Waals surface area (Å²) in [7, 11) is 1.53. The first kappa shape index (κ1) is 14.8. The van der Waals surface area contributed by atoms with Crippen molar-refractivity contribution in [3.63, 3.8) is 0 Å². The Hall–Kier alpha value is -1.60. The molecule has 2 rings (SSSR count). The maximum Gasteiger partial charge on any atom is 0.256 e. The van der Waals surface area contributed by atoms with Gasteiger partial charge in [0.2, 0.25) is 0 Å². The minimum Gasteiger partial charge on any atom is -0.397 e. The lowest BCUT2D eigenvalue weighted by Gasteiger charge is -2.31. The summed E-state index contributed by atoms with van der Waals surface area (Å²) in [6.45, 7) is 2.64.